The predicted molar refractivity (Wildman–Crippen MR) is 35.3 cm³/mol. The van der Waals surface area contributed by atoms with Gasteiger partial charge in [-0.2, -0.15) is 20.3 Å². The van der Waals surface area contributed by atoms with Crippen molar-refractivity contribution in [1.29, 1.82) is 0 Å². The van der Waals surface area contributed by atoms with Gasteiger partial charge in [0.1, 0.15) is 0 Å². The van der Waals surface area contributed by atoms with Crippen LogP contribution in [-0.2, 0) is 0 Å². The zero-order valence-electron chi connectivity index (χ0n) is 6.00. The summed E-state index contributed by atoms with van der Waals surface area (Å²) in [5, 5.41) is 0. The normalized spacial score (nSPS) is 7.50. The number of hydrogen-bond acceptors (Lipinski definition) is 0. The Hall–Kier alpha value is 1.25. The molecule has 0 rings (SSSR count). The van der Waals surface area contributed by atoms with E-state index in [0.717, 1.165) is 0 Å². The molecule has 0 nitrogen and oxygen atoms in total. The van der Waals surface area contributed by atoms with Crippen molar-refractivity contribution < 1.29 is 17.0 Å². The maximum atomic E-state index is 2.20. The summed E-state index contributed by atoms with van der Waals surface area (Å²) in [6, 6.07) is 0. The fourth-order valence-electron chi connectivity index (χ4n) is 0.500. The summed E-state index contributed by atoms with van der Waals surface area (Å²) >= 11 is 0. The van der Waals surface area contributed by atoms with Crippen LogP contribution < -0.4 is 17.0 Å². The standard InChI is InChI=1S/C6H13.BrH.Mg/c1-4-5-6(2)3;;/h4-5H2,1-3H3;1H;/q-1;;+2/p-1. The molecule has 0 saturated carbocycles. The van der Waals surface area contributed by atoms with E-state index in [1.807, 2.05) is 0 Å². The molecule has 8 heavy (non-hydrogen) atoms. The van der Waals surface area contributed by atoms with Crippen LogP contribution >= 0.6 is 0 Å². The molecule has 0 unspecified atom stereocenters. The van der Waals surface area contributed by atoms with E-state index in [4.69, 9.17) is 0 Å². The second kappa shape index (κ2) is 11.1. The van der Waals surface area contributed by atoms with E-state index < -0.39 is 0 Å². The first kappa shape index (κ1) is 16.1. The number of halogens is 1. The van der Waals surface area contributed by atoms with Crippen molar-refractivity contribution in [2.24, 2.45) is 0 Å². The molecular formula is C6H13BrMg. The largest absolute Gasteiger partial charge is 2.00 e. The Morgan fingerprint density at radius 3 is 1.62 bits per heavy atom. The summed E-state index contributed by atoms with van der Waals surface area (Å²) in [6.45, 7) is 6.54. The molecule has 0 fully saturated rings. The number of rotatable bonds is 2. The minimum atomic E-state index is 0. The van der Waals surface area contributed by atoms with E-state index in [2.05, 4.69) is 20.8 Å². The third-order valence-electron chi connectivity index (χ3n) is 0.750. The molecule has 0 saturated heterocycles. The van der Waals surface area contributed by atoms with Gasteiger partial charge in [0, 0.05) is 0 Å². The fourth-order valence-corrected chi connectivity index (χ4v) is 0.500. The topological polar surface area (TPSA) is 0 Å². The van der Waals surface area contributed by atoms with Crippen molar-refractivity contribution in [1.82, 2.24) is 0 Å². The van der Waals surface area contributed by atoms with E-state index in [1.54, 1.807) is 0 Å². The quantitative estimate of drug-likeness (QED) is 0.387. The molecule has 46 valence electrons. The zero-order valence-corrected chi connectivity index (χ0v) is 9.00. The van der Waals surface area contributed by atoms with Crippen LogP contribution in [0.3, 0.4) is 0 Å². The summed E-state index contributed by atoms with van der Waals surface area (Å²) in [4.78, 5) is 0. The first-order chi connectivity index (χ1) is 2.77. The minimum absolute atomic E-state index is 0. The molecule has 0 N–H and O–H groups in total. The van der Waals surface area contributed by atoms with E-state index in [-0.39, 0.29) is 40.0 Å². The van der Waals surface area contributed by atoms with Gasteiger partial charge in [-0.3, -0.25) is 0 Å². The molecule has 0 amide bonds. The maximum absolute atomic E-state index is 2.20. The van der Waals surface area contributed by atoms with Crippen molar-refractivity contribution in [2.75, 3.05) is 0 Å². The third-order valence-corrected chi connectivity index (χ3v) is 0.750. The smallest absolute Gasteiger partial charge is 1.00 e. The van der Waals surface area contributed by atoms with Crippen LogP contribution in [0.2, 0.25) is 0 Å². The Balaban J connectivity index is -0.000000125. The number of hydrogen-bond donors (Lipinski definition) is 0. The Morgan fingerprint density at radius 1 is 1.25 bits per heavy atom. The van der Waals surface area contributed by atoms with Gasteiger partial charge in [0.2, 0.25) is 0 Å². The van der Waals surface area contributed by atoms with Crippen LogP contribution in [-0.4, -0.2) is 23.1 Å². The molecule has 0 aliphatic carbocycles. The first-order valence-corrected chi connectivity index (χ1v) is 2.56. The molecule has 0 aromatic carbocycles. The van der Waals surface area contributed by atoms with Crippen LogP contribution in [0.4, 0.5) is 0 Å². The van der Waals surface area contributed by atoms with Gasteiger partial charge in [0.05, 0.1) is 0 Å². The van der Waals surface area contributed by atoms with Gasteiger partial charge in [-0.15, -0.1) is 0 Å². The zero-order chi connectivity index (χ0) is 4.99. The molecule has 0 aliphatic rings. The van der Waals surface area contributed by atoms with E-state index in [9.17, 15) is 0 Å². The average Bonchev–Trinajstić information content (AvgIpc) is 1.35. The van der Waals surface area contributed by atoms with Crippen molar-refractivity contribution in [3.8, 4) is 0 Å². The molecule has 0 atom stereocenters. The summed E-state index contributed by atoms with van der Waals surface area (Å²) in [5.74, 6) is 1.54. The van der Waals surface area contributed by atoms with Gasteiger partial charge in [-0.1, -0.05) is 13.3 Å². The van der Waals surface area contributed by atoms with Gasteiger partial charge in [0.25, 0.3) is 0 Å². The minimum Gasteiger partial charge on any atom is -1.00 e. The molecule has 0 spiro atoms. The summed E-state index contributed by atoms with van der Waals surface area (Å²) in [6.07, 6.45) is 2.59. The molecule has 2 heteroatoms. The molecular weight excluding hydrogens is 176 g/mol. The maximum Gasteiger partial charge on any atom is 2.00 e. The SMILES string of the molecule is CCC[C-](C)C.[Br-].[Mg+2]. The molecule has 0 aromatic heterocycles. The Bertz CT molecular complexity index is 29.7. The summed E-state index contributed by atoms with van der Waals surface area (Å²) in [7, 11) is 0. The van der Waals surface area contributed by atoms with Crippen LogP contribution in [0.15, 0.2) is 0 Å². The van der Waals surface area contributed by atoms with E-state index >= 15 is 0 Å². The van der Waals surface area contributed by atoms with Crippen LogP contribution in [0, 0.1) is 5.92 Å². The van der Waals surface area contributed by atoms with Crippen LogP contribution in [0.1, 0.15) is 33.6 Å². The Kier molecular flexibility index (Phi) is 22.4. The van der Waals surface area contributed by atoms with Crippen molar-refractivity contribution in [3.63, 3.8) is 0 Å². The van der Waals surface area contributed by atoms with Crippen LogP contribution in [0.25, 0.3) is 0 Å². The van der Waals surface area contributed by atoms with Crippen molar-refractivity contribution in [2.45, 2.75) is 33.6 Å². The van der Waals surface area contributed by atoms with Gasteiger partial charge < -0.3 is 22.9 Å². The Morgan fingerprint density at radius 2 is 1.62 bits per heavy atom. The predicted octanol–water partition coefficient (Wildman–Crippen LogP) is -0.976. The fraction of sp³-hybridized carbons (Fsp3) is 0.833. The average molecular weight is 189 g/mol. The second-order valence-corrected chi connectivity index (χ2v) is 1.96. The van der Waals surface area contributed by atoms with E-state index in [1.165, 1.54) is 18.8 Å². The molecule has 0 aliphatic heterocycles. The second-order valence-electron chi connectivity index (χ2n) is 1.96. The molecule has 0 aromatic rings. The Labute approximate surface area is 79.3 Å². The monoisotopic (exact) mass is 188 g/mol. The van der Waals surface area contributed by atoms with Crippen molar-refractivity contribution >= 4 is 23.1 Å². The molecule has 0 bridgehead atoms. The van der Waals surface area contributed by atoms with E-state index in [0.29, 0.717) is 0 Å². The summed E-state index contributed by atoms with van der Waals surface area (Å²) < 4.78 is 0. The molecule has 0 radical (unpaired) electrons. The van der Waals surface area contributed by atoms with Crippen molar-refractivity contribution in [3.05, 3.63) is 5.92 Å². The van der Waals surface area contributed by atoms with Gasteiger partial charge >= 0.3 is 23.1 Å². The van der Waals surface area contributed by atoms with Gasteiger partial charge in [-0.25, -0.2) is 0 Å². The summed E-state index contributed by atoms with van der Waals surface area (Å²) in [5.41, 5.74) is 0. The van der Waals surface area contributed by atoms with Gasteiger partial charge in [0.15, 0.2) is 0 Å². The first-order valence-electron chi connectivity index (χ1n) is 2.56. The third kappa shape index (κ3) is 15.7. The van der Waals surface area contributed by atoms with Crippen LogP contribution in [0.5, 0.6) is 0 Å². The van der Waals surface area contributed by atoms with Gasteiger partial charge in [-0.05, 0) is 0 Å². The molecule has 0 heterocycles.